The van der Waals surface area contributed by atoms with Gasteiger partial charge in [0.1, 0.15) is 6.61 Å². The molecule has 1 N–H and O–H groups in total. The van der Waals surface area contributed by atoms with E-state index >= 15 is 0 Å². The number of nitrogens with zero attached hydrogens (tertiary/aromatic N) is 1. The van der Waals surface area contributed by atoms with E-state index in [1.165, 1.54) is 25.7 Å². The molecular formula is C18H31NO3. The first-order valence-corrected chi connectivity index (χ1v) is 8.48. The van der Waals surface area contributed by atoms with E-state index in [1.54, 1.807) is 18.2 Å². The van der Waals surface area contributed by atoms with E-state index in [2.05, 4.69) is 18.7 Å². The Morgan fingerprint density at radius 3 is 2.23 bits per heavy atom. The Morgan fingerprint density at radius 1 is 0.909 bits per heavy atom. The van der Waals surface area contributed by atoms with Crippen molar-refractivity contribution in [2.24, 2.45) is 0 Å². The third kappa shape index (κ3) is 8.25. The molecule has 126 valence electrons. The van der Waals surface area contributed by atoms with Gasteiger partial charge in [-0.25, -0.2) is 0 Å². The van der Waals surface area contributed by atoms with E-state index in [0.29, 0.717) is 19.0 Å². The topological polar surface area (TPSA) is 41.9 Å². The summed E-state index contributed by atoms with van der Waals surface area (Å²) in [5, 5.41) is 9.58. The molecule has 0 aliphatic heterocycles. The van der Waals surface area contributed by atoms with E-state index in [-0.39, 0.29) is 5.75 Å². The lowest BCUT2D eigenvalue weighted by molar-refractivity contribution is 0.0782. The molecule has 0 amide bonds. The minimum atomic E-state index is 0.174. The van der Waals surface area contributed by atoms with Gasteiger partial charge in [0, 0.05) is 6.54 Å². The Kier molecular flexibility index (Phi) is 10.5. The Hall–Kier alpha value is -1.26. The van der Waals surface area contributed by atoms with Crippen molar-refractivity contribution >= 4 is 0 Å². The number of benzene rings is 1. The number of hydrogen-bond acceptors (Lipinski definition) is 4. The van der Waals surface area contributed by atoms with Gasteiger partial charge in [0.15, 0.2) is 11.5 Å². The highest BCUT2D eigenvalue weighted by Gasteiger charge is 2.04. The number of rotatable bonds is 13. The number of para-hydroxylation sites is 2. The number of aromatic hydroxyl groups is 1. The molecule has 0 bridgehead atoms. The SMILES string of the molecule is CCCCN(CCCC)CCOCCOc1ccccc1O. The minimum absolute atomic E-state index is 0.174. The van der Waals surface area contributed by atoms with Crippen LogP contribution < -0.4 is 4.74 Å². The van der Waals surface area contributed by atoms with Crippen molar-refractivity contribution in [2.45, 2.75) is 39.5 Å². The van der Waals surface area contributed by atoms with Crippen molar-refractivity contribution in [3.8, 4) is 11.5 Å². The molecule has 0 unspecified atom stereocenters. The second-order valence-electron chi connectivity index (χ2n) is 5.48. The van der Waals surface area contributed by atoms with Crippen LogP contribution in [0.3, 0.4) is 0 Å². The van der Waals surface area contributed by atoms with Crippen molar-refractivity contribution in [1.29, 1.82) is 0 Å². The molecule has 22 heavy (non-hydrogen) atoms. The van der Waals surface area contributed by atoms with Crippen molar-refractivity contribution < 1.29 is 14.6 Å². The van der Waals surface area contributed by atoms with Crippen LogP contribution in [0.5, 0.6) is 11.5 Å². The molecule has 0 radical (unpaired) electrons. The third-order valence-electron chi connectivity index (χ3n) is 3.56. The zero-order valence-electron chi connectivity index (χ0n) is 14.1. The second-order valence-corrected chi connectivity index (χ2v) is 5.48. The van der Waals surface area contributed by atoms with Gasteiger partial charge in [0.2, 0.25) is 0 Å². The maximum absolute atomic E-state index is 9.58. The van der Waals surface area contributed by atoms with Gasteiger partial charge < -0.3 is 19.5 Å². The first-order valence-electron chi connectivity index (χ1n) is 8.48. The third-order valence-corrected chi connectivity index (χ3v) is 3.56. The normalized spacial score (nSPS) is 11.0. The van der Waals surface area contributed by atoms with Crippen LogP contribution in [0.25, 0.3) is 0 Å². The van der Waals surface area contributed by atoms with Crippen LogP contribution in [0.1, 0.15) is 39.5 Å². The maximum Gasteiger partial charge on any atom is 0.161 e. The average Bonchev–Trinajstić information content (AvgIpc) is 2.54. The molecule has 4 heteroatoms. The summed E-state index contributed by atoms with van der Waals surface area (Å²) in [4.78, 5) is 2.48. The molecule has 1 rings (SSSR count). The Labute approximate surface area is 135 Å². The van der Waals surface area contributed by atoms with E-state index in [1.807, 2.05) is 6.07 Å². The van der Waals surface area contributed by atoms with Crippen LogP contribution in [0.4, 0.5) is 0 Å². The van der Waals surface area contributed by atoms with Gasteiger partial charge in [0.05, 0.1) is 13.2 Å². The minimum Gasteiger partial charge on any atom is -0.504 e. The maximum atomic E-state index is 9.58. The number of hydrogen-bond donors (Lipinski definition) is 1. The van der Waals surface area contributed by atoms with E-state index < -0.39 is 0 Å². The summed E-state index contributed by atoms with van der Waals surface area (Å²) in [5.41, 5.74) is 0. The van der Waals surface area contributed by atoms with E-state index in [4.69, 9.17) is 9.47 Å². The Morgan fingerprint density at radius 2 is 1.59 bits per heavy atom. The van der Waals surface area contributed by atoms with E-state index in [0.717, 1.165) is 26.2 Å². The number of phenolic OH excluding ortho intramolecular Hbond substituents is 1. The fourth-order valence-electron chi connectivity index (χ4n) is 2.18. The molecule has 4 nitrogen and oxygen atoms in total. The zero-order chi connectivity index (χ0) is 16.0. The monoisotopic (exact) mass is 309 g/mol. The molecule has 0 heterocycles. The molecule has 0 saturated carbocycles. The largest absolute Gasteiger partial charge is 0.504 e. The van der Waals surface area contributed by atoms with Crippen LogP contribution in [0, 0.1) is 0 Å². The average molecular weight is 309 g/mol. The summed E-state index contributed by atoms with van der Waals surface area (Å²) in [6, 6.07) is 7.00. The van der Waals surface area contributed by atoms with Gasteiger partial charge in [-0.15, -0.1) is 0 Å². The number of ether oxygens (including phenoxy) is 2. The molecule has 0 saturated heterocycles. The molecule has 0 fully saturated rings. The Balaban J connectivity index is 2.10. The molecule has 0 aliphatic rings. The van der Waals surface area contributed by atoms with Crippen LogP contribution >= 0.6 is 0 Å². The van der Waals surface area contributed by atoms with Crippen molar-refractivity contribution in [2.75, 3.05) is 39.5 Å². The number of phenols is 1. The van der Waals surface area contributed by atoms with Crippen molar-refractivity contribution in [3.63, 3.8) is 0 Å². The molecule has 1 aromatic rings. The lowest BCUT2D eigenvalue weighted by Gasteiger charge is -2.21. The van der Waals surface area contributed by atoms with Crippen LogP contribution in [-0.4, -0.2) is 49.5 Å². The van der Waals surface area contributed by atoms with Gasteiger partial charge in [-0.2, -0.15) is 0 Å². The van der Waals surface area contributed by atoms with Gasteiger partial charge in [0.25, 0.3) is 0 Å². The number of unbranched alkanes of at least 4 members (excludes halogenated alkanes) is 2. The van der Waals surface area contributed by atoms with Gasteiger partial charge in [-0.3, -0.25) is 0 Å². The van der Waals surface area contributed by atoms with Crippen LogP contribution in [0.2, 0.25) is 0 Å². The molecule has 1 aromatic carbocycles. The standard InChI is InChI=1S/C18H31NO3/c1-3-5-11-19(12-6-4-2)13-14-21-15-16-22-18-10-8-7-9-17(18)20/h7-10,20H,3-6,11-16H2,1-2H3. The quantitative estimate of drug-likeness (QED) is 0.564. The second kappa shape index (κ2) is 12.3. The van der Waals surface area contributed by atoms with Gasteiger partial charge in [-0.05, 0) is 38.1 Å². The lowest BCUT2D eigenvalue weighted by atomic mass is 10.2. The molecular weight excluding hydrogens is 278 g/mol. The molecule has 0 spiro atoms. The van der Waals surface area contributed by atoms with Crippen molar-refractivity contribution in [1.82, 2.24) is 4.90 Å². The van der Waals surface area contributed by atoms with Gasteiger partial charge in [-0.1, -0.05) is 38.8 Å². The summed E-state index contributed by atoms with van der Waals surface area (Å²) in [6.45, 7) is 9.50. The summed E-state index contributed by atoms with van der Waals surface area (Å²) >= 11 is 0. The zero-order valence-corrected chi connectivity index (χ0v) is 14.1. The summed E-state index contributed by atoms with van der Waals surface area (Å²) in [7, 11) is 0. The molecule has 0 aromatic heterocycles. The first-order chi connectivity index (χ1) is 10.8. The predicted molar refractivity (Wildman–Crippen MR) is 90.7 cm³/mol. The summed E-state index contributed by atoms with van der Waals surface area (Å²) in [5.74, 6) is 0.687. The lowest BCUT2D eigenvalue weighted by Crippen LogP contribution is -2.30. The van der Waals surface area contributed by atoms with E-state index in [9.17, 15) is 5.11 Å². The predicted octanol–water partition coefficient (Wildman–Crippen LogP) is 3.69. The van der Waals surface area contributed by atoms with Crippen LogP contribution in [0.15, 0.2) is 24.3 Å². The van der Waals surface area contributed by atoms with Crippen LogP contribution in [-0.2, 0) is 4.74 Å². The smallest absolute Gasteiger partial charge is 0.161 e. The van der Waals surface area contributed by atoms with Crippen molar-refractivity contribution in [3.05, 3.63) is 24.3 Å². The fourth-order valence-corrected chi connectivity index (χ4v) is 2.18. The molecule has 0 atom stereocenters. The highest BCUT2D eigenvalue weighted by molar-refractivity contribution is 5.37. The highest BCUT2D eigenvalue weighted by Crippen LogP contribution is 2.23. The fraction of sp³-hybridized carbons (Fsp3) is 0.667. The summed E-state index contributed by atoms with van der Waals surface area (Å²) in [6.07, 6.45) is 4.97. The Bertz CT molecular complexity index is 376. The summed E-state index contributed by atoms with van der Waals surface area (Å²) < 4.78 is 11.1. The molecule has 0 aliphatic carbocycles. The highest BCUT2D eigenvalue weighted by atomic mass is 16.5. The van der Waals surface area contributed by atoms with Gasteiger partial charge >= 0.3 is 0 Å². The first kappa shape index (κ1) is 18.8.